The number of benzene rings is 2. The molecule has 1 heterocycles. The second-order valence-corrected chi connectivity index (χ2v) is 6.79. The highest BCUT2D eigenvalue weighted by molar-refractivity contribution is 5.93. The zero-order valence-corrected chi connectivity index (χ0v) is 15.6. The van der Waals surface area contributed by atoms with E-state index in [4.69, 9.17) is 4.74 Å². The fraction of sp³-hybridized carbons (Fsp3) is 0.381. The summed E-state index contributed by atoms with van der Waals surface area (Å²) >= 11 is 0. The van der Waals surface area contributed by atoms with E-state index >= 15 is 0 Å². The number of rotatable bonds is 6. The lowest BCUT2D eigenvalue weighted by atomic mass is 10.1. The Kier molecular flexibility index (Phi) is 6.26. The van der Waals surface area contributed by atoms with Crippen LogP contribution in [0.2, 0.25) is 0 Å². The number of carbonyl (C=O) groups is 1. The molecule has 5 heteroatoms. The van der Waals surface area contributed by atoms with Crippen molar-refractivity contribution in [1.82, 2.24) is 9.80 Å². The number of anilines is 1. The fourth-order valence-electron chi connectivity index (χ4n) is 3.20. The summed E-state index contributed by atoms with van der Waals surface area (Å²) in [5, 5.41) is 2.95. The molecule has 1 aliphatic heterocycles. The minimum Gasteiger partial charge on any atom is -0.495 e. The largest absolute Gasteiger partial charge is 0.495 e. The Morgan fingerprint density at radius 3 is 2.35 bits per heavy atom. The fourth-order valence-corrected chi connectivity index (χ4v) is 3.20. The van der Waals surface area contributed by atoms with Crippen LogP contribution in [0, 0.1) is 6.92 Å². The normalized spacial score (nSPS) is 15.6. The lowest BCUT2D eigenvalue weighted by Gasteiger charge is -2.34. The first kappa shape index (κ1) is 18.4. The number of hydrogen-bond donors (Lipinski definition) is 1. The molecule has 138 valence electrons. The van der Waals surface area contributed by atoms with E-state index in [9.17, 15) is 4.79 Å². The molecule has 0 bridgehead atoms. The summed E-state index contributed by atoms with van der Waals surface area (Å²) in [5.74, 6) is 0.685. The van der Waals surface area contributed by atoms with Crippen LogP contribution in [0.25, 0.3) is 0 Å². The maximum absolute atomic E-state index is 12.3. The van der Waals surface area contributed by atoms with E-state index in [-0.39, 0.29) is 5.91 Å². The van der Waals surface area contributed by atoms with Gasteiger partial charge in [-0.15, -0.1) is 0 Å². The molecule has 0 aliphatic carbocycles. The minimum absolute atomic E-state index is 0.00137. The Balaban J connectivity index is 1.44. The molecule has 0 atom stereocenters. The molecule has 1 aliphatic rings. The minimum atomic E-state index is 0.00137. The maximum Gasteiger partial charge on any atom is 0.238 e. The molecule has 3 rings (SSSR count). The number of nitrogens with zero attached hydrogens (tertiary/aromatic N) is 2. The van der Waals surface area contributed by atoms with Crippen molar-refractivity contribution in [3.8, 4) is 5.75 Å². The van der Waals surface area contributed by atoms with E-state index in [0.29, 0.717) is 12.3 Å². The molecular formula is C21H27N3O2. The van der Waals surface area contributed by atoms with E-state index in [1.807, 2.05) is 24.3 Å². The van der Waals surface area contributed by atoms with Crippen molar-refractivity contribution in [3.05, 3.63) is 59.7 Å². The van der Waals surface area contributed by atoms with Gasteiger partial charge >= 0.3 is 0 Å². The van der Waals surface area contributed by atoms with Crippen molar-refractivity contribution in [1.29, 1.82) is 0 Å². The van der Waals surface area contributed by atoms with Gasteiger partial charge in [0.25, 0.3) is 0 Å². The van der Waals surface area contributed by atoms with Crippen molar-refractivity contribution >= 4 is 11.6 Å². The smallest absolute Gasteiger partial charge is 0.238 e. The van der Waals surface area contributed by atoms with Gasteiger partial charge in [-0.3, -0.25) is 14.6 Å². The number of ether oxygens (including phenoxy) is 1. The molecule has 0 unspecified atom stereocenters. The van der Waals surface area contributed by atoms with Gasteiger partial charge in [0.1, 0.15) is 5.75 Å². The number of para-hydroxylation sites is 2. The van der Waals surface area contributed by atoms with Crippen LogP contribution in [-0.2, 0) is 11.3 Å². The standard InChI is InChI=1S/C21H27N3O2/c1-17-7-9-18(10-8-17)15-23-11-13-24(14-12-23)16-21(25)22-19-5-3-4-6-20(19)26-2/h3-10H,11-16H2,1-2H3,(H,22,25). The maximum atomic E-state index is 12.3. The highest BCUT2D eigenvalue weighted by Crippen LogP contribution is 2.22. The SMILES string of the molecule is COc1ccccc1NC(=O)CN1CCN(Cc2ccc(C)cc2)CC1. The Morgan fingerprint density at radius 2 is 1.65 bits per heavy atom. The van der Waals surface area contributed by atoms with Crippen LogP contribution in [-0.4, -0.2) is 55.5 Å². The predicted octanol–water partition coefficient (Wildman–Crippen LogP) is 2.76. The first-order chi connectivity index (χ1) is 12.6. The second kappa shape index (κ2) is 8.83. The molecule has 26 heavy (non-hydrogen) atoms. The lowest BCUT2D eigenvalue weighted by molar-refractivity contribution is -0.117. The monoisotopic (exact) mass is 353 g/mol. The molecule has 0 spiro atoms. The van der Waals surface area contributed by atoms with Gasteiger partial charge in [-0.1, -0.05) is 42.0 Å². The molecule has 1 N–H and O–H groups in total. The van der Waals surface area contributed by atoms with Gasteiger partial charge in [0.2, 0.25) is 5.91 Å². The van der Waals surface area contributed by atoms with Gasteiger partial charge in [-0.25, -0.2) is 0 Å². The van der Waals surface area contributed by atoms with E-state index < -0.39 is 0 Å². The van der Waals surface area contributed by atoms with Crippen LogP contribution in [0.4, 0.5) is 5.69 Å². The molecule has 1 amide bonds. The number of hydrogen-bond acceptors (Lipinski definition) is 4. The van der Waals surface area contributed by atoms with Crippen LogP contribution in [0.5, 0.6) is 5.75 Å². The molecule has 0 aromatic heterocycles. The molecule has 0 radical (unpaired) electrons. The number of carbonyl (C=O) groups excluding carboxylic acids is 1. The average Bonchev–Trinajstić information content (AvgIpc) is 2.65. The Labute approximate surface area is 155 Å². The van der Waals surface area contributed by atoms with Crippen molar-refractivity contribution in [2.45, 2.75) is 13.5 Å². The van der Waals surface area contributed by atoms with Crippen LogP contribution in [0.1, 0.15) is 11.1 Å². The van der Waals surface area contributed by atoms with Gasteiger partial charge in [-0.2, -0.15) is 0 Å². The summed E-state index contributed by atoms with van der Waals surface area (Å²) in [5.41, 5.74) is 3.36. The molecule has 2 aromatic rings. The lowest BCUT2D eigenvalue weighted by Crippen LogP contribution is -2.48. The predicted molar refractivity (Wildman–Crippen MR) is 105 cm³/mol. The summed E-state index contributed by atoms with van der Waals surface area (Å²) in [6, 6.07) is 16.2. The number of nitrogens with one attached hydrogen (secondary N) is 1. The van der Waals surface area contributed by atoms with Gasteiger partial charge in [-0.05, 0) is 24.6 Å². The quantitative estimate of drug-likeness (QED) is 0.867. The molecule has 0 saturated carbocycles. The number of aryl methyl sites for hydroxylation is 1. The number of methoxy groups -OCH3 is 1. The highest BCUT2D eigenvalue weighted by atomic mass is 16.5. The molecular weight excluding hydrogens is 326 g/mol. The van der Waals surface area contributed by atoms with Crippen molar-refractivity contribution < 1.29 is 9.53 Å². The summed E-state index contributed by atoms with van der Waals surface area (Å²) in [4.78, 5) is 17.0. The summed E-state index contributed by atoms with van der Waals surface area (Å²) in [6.07, 6.45) is 0. The van der Waals surface area contributed by atoms with E-state index in [0.717, 1.165) is 38.4 Å². The Morgan fingerprint density at radius 1 is 1.00 bits per heavy atom. The van der Waals surface area contributed by atoms with Gasteiger partial charge in [0.15, 0.2) is 0 Å². The summed E-state index contributed by atoms with van der Waals surface area (Å²) < 4.78 is 5.28. The van der Waals surface area contributed by atoms with Crippen molar-refractivity contribution in [2.24, 2.45) is 0 Å². The van der Waals surface area contributed by atoms with Gasteiger partial charge in [0, 0.05) is 32.7 Å². The van der Waals surface area contributed by atoms with Crippen LogP contribution in [0.3, 0.4) is 0 Å². The second-order valence-electron chi connectivity index (χ2n) is 6.79. The topological polar surface area (TPSA) is 44.8 Å². The van der Waals surface area contributed by atoms with Crippen molar-refractivity contribution in [3.63, 3.8) is 0 Å². The third-order valence-corrected chi connectivity index (χ3v) is 4.74. The van der Waals surface area contributed by atoms with E-state index in [1.165, 1.54) is 11.1 Å². The zero-order chi connectivity index (χ0) is 18.4. The van der Waals surface area contributed by atoms with Crippen LogP contribution < -0.4 is 10.1 Å². The third-order valence-electron chi connectivity index (χ3n) is 4.74. The van der Waals surface area contributed by atoms with Crippen LogP contribution >= 0.6 is 0 Å². The van der Waals surface area contributed by atoms with Gasteiger partial charge in [0.05, 0.1) is 19.3 Å². The first-order valence-electron chi connectivity index (χ1n) is 9.07. The van der Waals surface area contributed by atoms with Crippen molar-refractivity contribution in [2.75, 3.05) is 45.2 Å². The molecule has 1 saturated heterocycles. The van der Waals surface area contributed by atoms with Gasteiger partial charge < -0.3 is 10.1 Å². The Bertz CT molecular complexity index is 722. The summed E-state index contributed by atoms with van der Waals surface area (Å²) in [6.45, 7) is 7.28. The number of piperazine rings is 1. The molecule has 1 fully saturated rings. The summed E-state index contributed by atoms with van der Waals surface area (Å²) in [7, 11) is 1.61. The zero-order valence-electron chi connectivity index (χ0n) is 15.6. The molecule has 2 aromatic carbocycles. The van der Waals surface area contributed by atoms with Crippen LogP contribution in [0.15, 0.2) is 48.5 Å². The third kappa shape index (κ3) is 5.07. The van der Waals surface area contributed by atoms with E-state index in [1.54, 1.807) is 7.11 Å². The highest BCUT2D eigenvalue weighted by Gasteiger charge is 2.19. The Hall–Kier alpha value is -2.37. The first-order valence-corrected chi connectivity index (χ1v) is 9.07. The molecule has 5 nitrogen and oxygen atoms in total. The number of amides is 1. The average molecular weight is 353 g/mol. The van der Waals surface area contributed by atoms with E-state index in [2.05, 4.69) is 46.3 Å².